The Kier molecular flexibility index (Phi) is 11.9. The van der Waals surface area contributed by atoms with Crippen LogP contribution in [0.1, 0.15) is 80.3 Å². The summed E-state index contributed by atoms with van der Waals surface area (Å²) in [5, 5.41) is 18.5. The van der Waals surface area contributed by atoms with Crippen LogP contribution in [0.2, 0.25) is 0 Å². The second kappa shape index (κ2) is 17.5. The summed E-state index contributed by atoms with van der Waals surface area (Å²) in [6, 6.07) is 18.5. The second-order valence-electron chi connectivity index (χ2n) is 16.3. The SMILES string of the molecule is COc1cc(-n2ncc3c(-c4cccc(Nc5nc(C(F)F)nc6cc(CN(C)C7CCC(C(=O)O)CC7)cnc56)c4C)cccc32)cc(OC)c1CN(C)C1CCCC1. The number of benzene rings is 3. The molecule has 0 radical (unpaired) electrons. The predicted octanol–water partition coefficient (Wildman–Crippen LogP) is 9.49. The summed E-state index contributed by atoms with van der Waals surface area (Å²) in [5.74, 6) is 0.0489. The summed E-state index contributed by atoms with van der Waals surface area (Å²) < 4.78 is 42.3. The highest BCUT2D eigenvalue weighted by Crippen LogP contribution is 2.39. The first-order valence-electron chi connectivity index (χ1n) is 20.7. The van der Waals surface area contributed by atoms with Crippen LogP contribution in [0.4, 0.5) is 20.3 Å². The van der Waals surface area contributed by atoms with Crippen LogP contribution in [0.3, 0.4) is 0 Å². The average Bonchev–Trinajstić information content (AvgIpc) is 3.96. The Labute approximate surface area is 348 Å². The lowest BCUT2D eigenvalue weighted by Gasteiger charge is -2.33. The number of alkyl halides is 2. The first-order valence-corrected chi connectivity index (χ1v) is 20.7. The van der Waals surface area contributed by atoms with E-state index in [1.54, 1.807) is 26.5 Å². The number of rotatable bonds is 14. The molecular weight excluding hydrogens is 767 g/mol. The highest BCUT2D eigenvalue weighted by Gasteiger charge is 2.29. The number of anilines is 2. The number of methoxy groups -OCH3 is 2. The first kappa shape index (κ1) is 41.0. The van der Waals surface area contributed by atoms with Crippen molar-refractivity contribution in [2.75, 3.05) is 33.6 Å². The molecule has 2 saturated carbocycles. The van der Waals surface area contributed by atoms with Gasteiger partial charge in [0.25, 0.3) is 6.43 Å². The van der Waals surface area contributed by atoms with Gasteiger partial charge in [-0.3, -0.25) is 19.6 Å². The Morgan fingerprint density at radius 3 is 2.23 bits per heavy atom. The zero-order chi connectivity index (χ0) is 42.1. The van der Waals surface area contributed by atoms with Gasteiger partial charge < -0.3 is 19.9 Å². The maximum absolute atomic E-state index is 14.3. The second-order valence-corrected chi connectivity index (χ2v) is 16.3. The topological polar surface area (TPSA) is 131 Å². The molecule has 2 N–H and O–H groups in total. The molecule has 3 aromatic carbocycles. The number of fused-ring (bicyclic) bond motifs is 2. The standard InChI is InChI=1S/C46H52F2N8O4/c1-27-33(34-13-9-15-39-35(34)24-50-56(39)32-21-40(59-4)36(41(22-32)60-5)26-55(3)30-10-6-7-11-30)12-8-14-37(27)51-44-42-38(52-45(53-44)43(47)48)20-28(23-49-42)25-54(2)31-18-16-29(17-19-31)46(57)58/h8-9,12-15,20-24,29-31,43H,6-7,10-11,16-19,25-26H2,1-5H3,(H,57,58)(H,51,52,53). The number of aliphatic carboxylic acids is 1. The third-order valence-corrected chi connectivity index (χ3v) is 12.6. The van der Waals surface area contributed by atoms with Crippen molar-refractivity contribution in [2.24, 2.45) is 5.92 Å². The number of ether oxygens (including phenoxy) is 2. The van der Waals surface area contributed by atoms with Gasteiger partial charge in [-0.1, -0.05) is 37.1 Å². The van der Waals surface area contributed by atoms with Gasteiger partial charge in [0.1, 0.15) is 17.0 Å². The summed E-state index contributed by atoms with van der Waals surface area (Å²) in [7, 11) is 7.54. The first-order chi connectivity index (χ1) is 29.0. The zero-order valence-corrected chi connectivity index (χ0v) is 34.8. The maximum Gasteiger partial charge on any atom is 0.306 e. The van der Waals surface area contributed by atoms with Gasteiger partial charge in [0.15, 0.2) is 11.6 Å². The highest BCUT2D eigenvalue weighted by molar-refractivity contribution is 5.97. The molecule has 0 aliphatic heterocycles. The van der Waals surface area contributed by atoms with E-state index in [2.05, 4.69) is 43.2 Å². The molecule has 3 aromatic heterocycles. The molecule has 0 atom stereocenters. The third kappa shape index (κ3) is 8.22. The molecule has 14 heteroatoms. The van der Waals surface area contributed by atoms with Crippen molar-refractivity contribution in [2.45, 2.75) is 89.9 Å². The molecule has 2 aliphatic rings. The normalized spacial score (nSPS) is 17.4. The molecular formula is C46H52F2N8O4. The van der Waals surface area contributed by atoms with Crippen molar-refractivity contribution in [3.05, 3.63) is 89.5 Å². The minimum absolute atomic E-state index is 0.189. The Balaban J connectivity index is 1.08. The lowest BCUT2D eigenvalue weighted by Crippen LogP contribution is -2.36. The van der Waals surface area contributed by atoms with E-state index in [9.17, 15) is 18.7 Å². The van der Waals surface area contributed by atoms with Gasteiger partial charge in [0.2, 0.25) is 0 Å². The van der Waals surface area contributed by atoms with E-state index >= 15 is 0 Å². The molecule has 60 heavy (non-hydrogen) atoms. The molecule has 314 valence electrons. The molecule has 0 amide bonds. The quantitative estimate of drug-likeness (QED) is 0.109. The van der Waals surface area contributed by atoms with Crippen LogP contribution in [0.25, 0.3) is 38.8 Å². The number of pyridine rings is 1. The number of halogens is 2. The molecule has 0 bridgehead atoms. The summed E-state index contributed by atoms with van der Waals surface area (Å²) >= 11 is 0. The molecule has 8 rings (SSSR count). The average molecular weight is 819 g/mol. The molecule has 12 nitrogen and oxygen atoms in total. The smallest absolute Gasteiger partial charge is 0.306 e. The van der Waals surface area contributed by atoms with Crippen LogP contribution in [-0.2, 0) is 17.9 Å². The van der Waals surface area contributed by atoms with E-state index < -0.39 is 18.2 Å². The van der Waals surface area contributed by atoms with Gasteiger partial charge in [-0.15, -0.1) is 0 Å². The number of carboxylic acids is 1. The van der Waals surface area contributed by atoms with Crippen LogP contribution in [0.5, 0.6) is 11.5 Å². The lowest BCUT2D eigenvalue weighted by molar-refractivity contribution is -0.143. The van der Waals surface area contributed by atoms with Gasteiger partial charge in [-0.05, 0) is 100.0 Å². The van der Waals surface area contributed by atoms with Gasteiger partial charge >= 0.3 is 5.97 Å². The van der Waals surface area contributed by atoms with E-state index in [-0.39, 0.29) is 17.8 Å². The fourth-order valence-electron chi connectivity index (χ4n) is 9.18. The number of hydrogen-bond acceptors (Lipinski definition) is 10. The monoisotopic (exact) mass is 818 g/mol. The molecule has 0 unspecified atom stereocenters. The predicted molar refractivity (Wildman–Crippen MR) is 228 cm³/mol. The Bertz CT molecular complexity index is 2490. The zero-order valence-electron chi connectivity index (χ0n) is 34.8. The largest absolute Gasteiger partial charge is 0.496 e. The third-order valence-electron chi connectivity index (χ3n) is 12.6. The molecule has 6 aromatic rings. The number of hydrogen-bond donors (Lipinski definition) is 2. The van der Waals surface area contributed by atoms with Crippen LogP contribution >= 0.6 is 0 Å². The van der Waals surface area contributed by atoms with E-state index in [1.165, 1.54) is 25.7 Å². The van der Waals surface area contributed by atoms with Crippen molar-refractivity contribution in [1.82, 2.24) is 34.5 Å². The lowest BCUT2D eigenvalue weighted by atomic mass is 9.85. The fourth-order valence-corrected chi connectivity index (χ4v) is 9.18. The van der Waals surface area contributed by atoms with Gasteiger partial charge in [0, 0.05) is 54.6 Å². The van der Waals surface area contributed by atoms with E-state index in [4.69, 9.17) is 14.6 Å². The number of carboxylic acid groups (broad SMARTS) is 1. The van der Waals surface area contributed by atoms with E-state index in [0.29, 0.717) is 48.7 Å². The van der Waals surface area contributed by atoms with Crippen LogP contribution in [0.15, 0.2) is 67.0 Å². The number of nitrogens with zero attached hydrogens (tertiary/aromatic N) is 7. The minimum atomic E-state index is -2.89. The Morgan fingerprint density at radius 2 is 1.55 bits per heavy atom. The van der Waals surface area contributed by atoms with Crippen LogP contribution in [0, 0.1) is 12.8 Å². The summed E-state index contributed by atoms with van der Waals surface area (Å²) in [6.45, 7) is 3.23. The maximum atomic E-state index is 14.3. The molecule has 0 saturated heterocycles. The van der Waals surface area contributed by atoms with Crippen molar-refractivity contribution in [3.8, 4) is 28.3 Å². The summed E-state index contributed by atoms with van der Waals surface area (Å²) in [5.41, 5.74) is 7.69. The van der Waals surface area contributed by atoms with E-state index in [1.807, 2.05) is 67.3 Å². The fraction of sp³-hybridized carbons (Fsp3) is 0.413. The van der Waals surface area contributed by atoms with Gasteiger partial charge in [0.05, 0.1) is 48.6 Å². The minimum Gasteiger partial charge on any atom is -0.496 e. The number of aromatic nitrogens is 5. The number of nitrogens with one attached hydrogen (secondary N) is 1. The Hall–Kier alpha value is -5.73. The molecule has 0 spiro atoms. The molecule has 2 fully saturated rings. The summed E-state index contributed by atoms with van der Waals surface area (Å²) in [4.78, 5) is 29.2. The van der Waals surface area contributed by atoms with E-state index in [0.717, 1.165) is 68.7 Å². The summed E-state index contributed by atoms with van der Waals surface area (Å²) in [6.07, 6.45) is 8.47. The Morgan fingerprint density at radius 1 is 0.883 bits per heavy atom. The molecule has 2 aliphatic carbocycles. The van der Waals surface area contributed by atoms with Gasteiger partial charge in [-0.2, -0.15) is 5.10 Å². The van der Waals surface area contributed by atoms with Crippen molar-refractivity contribution in [3.63, 3.8) is 0 Å². The van der Waals surface area contributed by atoms with Crippen molar-refractivity contribution < 1.29 is 28.2 Å². The number of carbonyl (C=O) groups is 1. The molecule has 3 heterocycles. The van der Waals surface area contributed by atoms with Gasteiger partial charge in [-0.25, -0.2) is 23.4 Å². The van der Waals surface area contributed by atoms with Crippen LogP contribution in [-0.4, -0.2) is 86.0 Å². The van der Waals surface area contributed by atoms with Crippen molar-refractivity contribution in [1.29, 1.82) is 0 Å². The van der Waals surface area contributed by atoms with Crippen molar-refractivity contribution >= 4 is 39.4 Å². The van der Waals surface area contributed by atoms with Crippen LogP contribution < -0.4 is 14.8 Å². The highest BCUT2D eigenvalue weighted by atomic mass is 19.3.